The Bertz CT molecular complexity index is 977. The molecule has 2 aromatic heterocycles. The van der Waals surface area contributed by atoms with Gasteiger partial charge in [0.15, 0.2) is 0 Å². The third-order valence-corrected chi connectivity index (χ3v) is 5.64. The van der Waals surface area contributed by atoms with Crippen molar-refractivity contribution in [1.82, 2.24) is 20.1 Å². The van der Waals surface area contributed by atoms with Crippen LogP contribution < -0.4 is 15.8 Å². The zero-order chi connectivity index (χ0) is 21.1. The average Bonchev–Trinajstić information content (AvgIpc) is 3.34. The third-order valence-electron chi connectivity index (χ3n) is 5.64. The Labute approximate surface area is 175 Å². The van der Waals surface area contributed by atoms with Gasteiger partial charge in [-0.3, -0.25) is 14.5 Å². The smallest absolute Gasteiger partial charge is 0.225 e. The number of carbonyl (C=O) groups is 1. The van der Waals surface area contributed by atoms with Gasteiger partial charge >= 0.3 is 0 Å². The van der Waals surface area contributed by atoms with Gasteiger partial charge in [0.2, 0.25) is 11.8 Å². The summed E-state index contributed by atoms with van der Waals surface area (Å²) in [6.45, 7) is 4.04. The number of aromatic nitrogens is 3. The summed E-state index contributed by atoms with van der Waals surface area (Å²) in [5, 5.41) is 8.20. The van der Waals surface area contributed by atoms with E-state index in [0.717, 1.165) is 37.0 Å². The zero-order valence-electron chi connectivity index (χ0n) is 17.4. The van der Waals surface area contributed by atoms with Crippen molar-refractivity contribution in [3.05, 3.63) is 24.2 Å². The number of allylic oxidation sites excluding steroid dienone is 1. The number of carbonyl (C=O) groups excluding carboxylic acids is 1. The summed E-state index contributed by atoms with van der Waals surface area (Å²) in [5.41, 5.74) is 8.04. The van der Waals surface area contributed by atoms with E-state index in [1.165, 1.54) is 6.20 Å². The lowest BCUT2D eigenvalue weighted by atomic mass is 10.0. The maximum atomic E-state index is 11.6. The van der Waals surface area contributed by atoms with E-state index in [1.807, 2.05) is 26.2 Å². The molecule has 2 fully saturated rings. The Morgan fingerprint density at radius 2 is 2.27 bits per heavy atom. The van der Waals surface area contributed by atoms with Crippen molar-refractivity contribution in [2.75, 3.05) is 19.8 Å². The number of pyridine rings is 1. The normalized spacial score (nSPS) is 22.0. The van der Waals surface area contributed by atoms with Gasteiger partial charge < -0.3 is 20.5 Å². The Morgan fingerprint density at radius 3 is 2.97 bits per heavy atom. The van der Waals surface area contributed by atoms with Gasteiger partial charge in [0, 0.05) is 63.3 Å². The number of nitrogens with zero attached hydrogens (tertiary/aromatic N) is 4. The molecule has 1 amide bonds. The van der Waals surface area contributed by atoms with Crippen molar-refractivity contribution in [2.45, 2.75) is 38.3 Å². The van der Waals surface area contributed by atoms with E-state index in [-0.39, 0.29) is 24.0 Å². The van der Waals surface area contributed by atoms with Crippen LogP contribution >= 0.6 is 0 Å². The monoisotopic (exact) mass is 412 g/mol. The highest BCUT2D eigenvalue weighted by Crippen LogP contribution is 2.29. The number of ether oxygens (including phenoxy) is 2. The quantitative estimate of drug-likeness (QED) is 0.693. The number of hydrogen-bond donors (Lipinski definition) is 2. The first-order valence-corrected chi connectivity index (χ1v) is 10.3. The highest BCUT2D eigenvalue weighted by atomic mass is 16.5. The fourth-order valence-corrected chi connectivity index (χ4v) is 3.79. The molecule has 0 radical (unpaired) electrons. The van der Waals surface area contributed by atoms with Crippen LogP contribution in [-0.2, 0) is 16.6 Å². The number of aliphatic imine (C=N–C) groups is 1. The maximum absolute atomic E-state index is 11.6. The van der Waals surface area contributed by atoms with Crippen LogP contribution in [0.1, 0.15) is 31.9 Å². The van der Waals surface area contributed by atoms with E-state index in [1.54, 1.807) is 10.9 Å². The summed E-state index contributed by atoms with van der Waals surface area (Å²) in [5.74, 6) is 0.650. The van der Waals surface area contributed by atoms with Crippen molar-refractivity contribution < 1.29 is 14.3 Å². The number of hydrogen-bond acceptors (Lipinski definition) is 7. The molecule has 9 heteroatoms. The van der Waals surface area contributed by atoms with Gasteiger partial charge in [-0.05, 0) is 25.8 Å². The number of nitrogens with one attached hydrogen (secondary N) is 1. The minimum Gasteiger partial charge on any atom is -0.474 e. The number of aryl methyl sites for hydroxylation is 1. The number of amides is 1. The number of rotatable bonds is 6. The van der Waals surface area contributed by atoms with E-state index in [4.69, 9.17) is 20.2 Å². The Balaban J connectivity index is 1.61. The molecule has 2 aromatic rings. The van der Waals surface area contributed by atoms with Crippen molar-refractivity contribution in [3.8, 4) is 5.88 Å². The van der Waals surface area contributed by atoms with Crippen molar-refractivity contribution in [3.63, 3.8) is 0 Å². The first-order chi connectivity index (χ1) is 14.5. The first-order valence-electron chi connectivity index (χ1n) is 10.3. The van der Waals surface area contributed by atoms with Gasteiger partial charge in [0.1, 0.15) is 6.10 Å². The topological polar surface area (TPSA) is 117 Å². The van der Waals surface area contributed by atoms with Gasteiger partial charge in [0.05, 0.1) is 22.6 Å². The molecule has 30 heavy (non-hydrogen) atoms. The van der Waals surface area contributed by atoms with Gasteiger partial charge in [-0.15, -0.1) is 0 Å². The SMILES string of the molecule is C[C@@H](Oc1nc(C(C=NC2CCOCC2)=CN)cc2nn(C)cc12)[C@H]1CNC(=O)C1. The standard InChI is InChI=1S/C21H28N6O3/c1-13(14-7-20(28)24-10-14)30-21-17-12-27(2)26-19(17)8-18(25-21)15(9-22)11-23-16-3-5-29-6-4-16/h8-9,11-14,16H,3-7,10,22H2,1-2H3,(H,24,28)/t13-,14-/m1/s1. The van der Waals surface area contributed by atoms with Gasteiger partial charge in [-0.1, -0.05) is 0 Å². The molecular formula is C21H28N6O3. The highest BCUT2D eigenvalue weighted by Gasteiger charge is 2.29. The molecule has 0 bridgehead atoms. The minimum atomic E-state index is -0.170. The molecule has 0 aromatic carbocycles. The minimum absolute atomic E-state index is 0.0568. The molecule has 0 aliphatic carbocycles. The largest absolute Gasteiger partial charge is 0.474 e. The molecular weight excluding hydrogens is 384 g/mol. The van der Waals surface area contributed by atoms with Crippen LogP contribution in [0.4, 0.5) is 0 Å². The molecule has 4 heterocycles. The second kappa shape index (κ2) is 8.83. The predicted octanol–water partition coefficient (Wildman–Crippen LogP) is 1.42. The van der Waals surface area contributed by atoms with E-state index in [9.17, 15) is 4.79 Å². The molecule has 0 unspecified atom stereocenters. The van der Waals surface area contributed by atoms with E-state index in [2.05, 4.69) is 15.4 Å². The maximum Gasteiger partial charge on any atom is 0.225 e. The summed E-state index contributed by atoms with van der Waals surface area (Å²) < 4.78 is 13.3. The molecule has 9 nitrogen and oxygen atoms in total. The highest BCUT2D eigenvalue weighted by molar-refractivity contribution is 6.09. The summed E-state index contributed by atoms with van der Waals surface area (Å²) in [6.07, 6.45) is 7.27. The Hall–Kier alpha value is -2.94. The van der Waals surface area contributed by atoms with Crippen LogP contribution in [0.15, 0.2) is 23.5 Å². The van der Waals surface area contributed by atoms with E-state index < -0.39 is 0 Å². The molecule has 2 atom stereocenters. The van der Waals surface area contributed by atoms with Crippen molar-refractivity contribution in [2.24, 2.45) is 23.7 Å². The lowest BCUT2D eigenvalue weighted by molar-refractivity contribution is -0.119. The second-order valence-electron chi connectivity index (χ2n) is 7.88. The summed E-state index contributed by atoms with van der Waals surface area (Å²) in [4.78, 5) is 21.0. The Kier molecular flexibility index (Phi) is 5.98. The van der Waals surface area contributed by atoms with E-state index >= 15 is 0 Å². The van der Waals surface area contributed by atoms with Gasteiger partial charge in [0.25, 0.3) is 0 Å². The second-order valence-corrected chi connectivity index (χ2v) is 7.88. The predicted molar refractivity (Wildman–Crippen MR) is 114 cm³/mol. The molecule has 2 aliphatic heterocycles. The fraction of sp³-hybridized carbons (Fsp3) is 0.524. The average molecular weight is 412 g/mol. The zero-order valence-corrected chi connectivity index (χ0v) is 17.4. The molecule has 2 saturated heterocycles. The summed E-state index contributed by atoms with van der Waals surface area (Å²) in [7, 11) is 1.86. The lowest BCUT2D eigenvalue weighted by Gasteiger charge is -2.20. The Morgan fingerprint density at radius 1 is 1.47 bits per heavy atom. The van der Waals surface area contributed by atoms with Crippen LogP contribution in [0.3, 0.4) is 0 Å². The van der Waals surface area contributed by atoms with Crippen molar-refractivity contribution in [1.29, 1.82) is 0 Å². The van der Waals surface area contributed by atoms with Crippen LogP contribution in [0, 0.1) is 5.92 Å². The van der Waals surface area contributed by atoms with Crippen LogP contribution in [0.25, 0.3) is 16.5 Å². The first kappa shape index (κ1) is 20.3. The van der Waals surface area contributed by atoms with Crippen LogP contribution in [0.5, 0.6) is 5.88 Å². The van der Waals surface area contributed by atoms with Crippen LogP contribution in [-0.4, -0.2) is 58.8 Å². The van der Waals surface area contributed by atoms with Crippen LogP contribution in [0.2, 0.25) is 0 Å². The fourth-order valence-electron chi connectivity index (χ4n) is 3.79. The molecule has 3 N–H and O–H groups in total. The lowest BCUT2D eigenvalue weighted by Crippen LogP contribution is -2.26. The number of nitrogens with two attached hydrogens (primary N) is 1. The summed E-state index contributed by atoms with van der Waals surface area (Å²) >= 11 is 0. The molecule has 2 aliphatic rings. The van der Waals surface area contributed by atoms with E-state index in [0.29, 0.717) is 30.1 Å². The molecule has 4 rings (SSSR count). The van der Waals surface area contributed by atoms with Gasteiger partial charge in [-0.25, -0.2) is 4.98 Å². The number of fused-ring (bicyclic) bond motifs is 1. The molecule has 160 valence electrons. The molecule has 0 saturated carbocycles. The van der Waals surface area contributed by atoms with Crippen molar-refractivity contribution >= 4 is 28.6 Å². The van der Waals surface area contributed by atoms with Gasteiger partial charge in [-0.2, -0.15) is 5.10 Å². The molecule has 0 spiro atoms. The third kappa shape index (κ3) is 4.46. The summed E-state index contributed by atoms with van der Waals surface area (Å²) in [6, 6.07) is 2.12.